The fourth-order valence-electron chi connectivity index (χ4n) is 1.71. The lowest BCUT2D eigenvalue weighted by molar-refractivity contribution is -0.123. The normalized spacial score (nSPS) is 19.8. The summed E-state index contributed by atoms with van der Waals surface area (Å²) >= 11 is 9.23. The summed E-state index contributed by atoms with van der Waals surface area (Å²) in [4.78, 5) is 28.3. The van der Waals surface area contributed by atoms with Crippen LogP contribution in [-0.2, 0) is 9.59 Å². The Morgan fingerprint density at radius 3 is 2.88 bits per heavy atom. The van der Waals surface area contributed by atoms with Crippen molar-refractivity contribution in [2.24, 2.45) is 11.7 Å². The van der Waals surface area contributed by atoms with Gasteiger partial charge in [0, 0.05) is 23.6 Å². The molecule has 1 aromatic rings. The predicted octanol–water partition coefficient (Wildman–Crippen LogP) is 1.34. The van der Waals surface area contributed by atoms with Crippen LogP contribution in [0.3, 0.4) is 0 Å². The highest BCUT2D eigenvalue weighted by atomic mass is 79.9. The van der Waals surface area contributed by atoms with E-state index in [0.717, 1.165) is 4.47 Å². The second-order valence-corrected chi connectivity index (χ2v) is 5.09. The van der Waals surface area contributed by atoms with Gasteiger partial charge < -0.3 is 5.73 Å². The van der Waals surface area contributed by atoms with Crippen molar-refractivity contribution in [1.82, 2.24) is 4.98 Å². The Hall–Kier alpha value is -1.14. The van der Waals surface area contributed by atoms with Gasteiger partial charge in [-0.05, 0) is 22.0 Å². The lowest BCUT2D eigenvalue weighted by Crippen LogP contribution is -2.29. The van der Waals surface area contributed by atoms with E-state index in [4.69, 9.17) is 17.3 Å². The third kappa shape index (κ3) is 2.42. The van der Waals surface area contributed by atoms with Crippen molar-refractivity contribution < 1.29 is 9.59 Å². The van der Waals surface area contributed by atoms with Crippen LogP contribution in [0.1, 0.15) is 6.42 Å². The molecule has 0 spiro atoms. The molecule has 0 bridgehead atoms. The second kappa shape index (κ2) is 4.62. The molecule has 0 saturated carbocycles. The molecular weight excluding hydrogens is 309 g/mol. The smallest absolute Gasteiger partial charge is 0.229 e. The number of nitrogens with zero attached hydrogens (tertiary/aromatic N) is 2. The number of pyridine rings is 1. The third-order valence-electron chi connectivity index (χ3n) is 2.57. The molecule has 90 valence electrons. The van der Waals surface area contributed by atoms with E-state index in [0.29, 0.717) is 10.8 Å². The predicted molar refractivity (Wildman–Crippen MR) is 66.6 cm³/mol. The van der Waals surface area contributed by atoms with Crippen LogP contribution in [0.15, 0.2) is 16.7 Å². The van der Waals surface area contributed by atoms with Gasteiger partial charge in [-0.25, -0.2) is 4.98 Å². The van der Waals surface area contributed by atoms with Crippen LogP contribution < -0.4 is 10.6 Å². The summed E-state index contributed by atoms with van der Waals surface area (Å²) < 4.78 is 0.726. The topological polar surface area (TPSA) is 76.3 Å². The number of halogens is 2. The summed E-state index contributed by atoms with van der Waals surface area (Å²) in [7, 11) is 0. The van der Waals surface area contributed by atoms with Crippen molar-refractivity contribution in [1.29, 1.82) is 0 Å². The van der Waals surface area contributed by atoms with Crippen molar-refractivity contribution in [3.63, 3.8) is 0 Å². The number of hydrogen-bond acceptors (Lipinski definition) is 3. The number of hydrogen-bond donors (Lipinski definition) is 1. The molecule has 2 rings (SSSR count). The summed E-state index contributed by atoms with van der Waals surface area (Å²) in [6.45, 7) is 0.239. The number of nitrogens with two attached hydrogens (primary N) is 1. The maximum atomic E-state index is 11.7. The van der Waals surface area contributed by atoms with Gasteiger partial charge in [-0.1, -0.05) is 11.6 Å². The van der Waals surface area contributed by atoms with Gasteiger partial charge >= 0.3 is 0 Å². The Morgan fingerprint density at radius 1 is 1.65 bits per heavy atom. The first kappa shape index (κ1) is 12.3. The number of amides is 2. The highest BCUT2D eigenvalue weighted by molar-refractivity contribution is 9.10. The van der Waals surface area contributed by atoms with Crippen molar-refractivity contribution >= 4 is 45.2 Å². The molecule has 0 aromatic carbocycles. The minimum absolute atomic E-state index is 0.114. The quantitative estimate of drug-likeness (QED) is 0.894. The minimum Gasteiger partial charge on any atom is -0.369 e. The Bertz CT molecular complexity index is 494. The maximum absolute atomic E-state index is 11.7. The van der Waals surface area contributed by atoms with E-state index in [1.807, 2.05) is 0 Å². The highest BCUT2D eigenvalue weighted by Crippen LogP contribution is 2.30. The van der Waals surface area contributed by atoms with Gasteiger partial charge in [-0.15, -0.1) is 0 Å². The molecule has 1 saturated heterocycles. The Balaban J connectivity index is 2.29. The zero-order chi connectivity index (χ0) is 12.6. The molecule has 5 nitrogen and oxygen atoms in total. The van der Waals surface area contributed by atoms with Gasteiger partial charge in [-0.3, -0.25) is 14.5 Å². The lowest BCUT2D eigenvalue weighted by Gasteiger charge is -2.16. The van der Waals surface area contributed by atoms with Crippen molar-refractivity contribution in [2.75, 3.05) is 11.4 Å². The molecule has 0 aliphatic carbocycles. The van der Waals surface area contributed by atoms with Gasteiger partial charge in [0.25, 0.3) is 0 Å². The molecule has 0 radical (unpaired) electrons. The van der Waals surface area contributed by atoms with E-state index in [1.165, 1.54) is 4.90 Å². The summed E-state index contributed by atoms with van der Waals surface area (Å²) in [5.41, 5.74) is 5.18. The minimum atomic E-state index is -0.478. The summed E-state index contributed by atoms with van der Waals surface area (Å²) in [6, 6.07) is 1.65. The van der Waals surface area contributed by atoms with Crippen LogP contribution in [0.25, 0.3) is 0 Å². The average molecular weight is 319 g/mol. The highest BCUT2D eigenvalue weighted by Gasteiger charge is 2.35. The van der Waals surface area contributed by atoms with Crippen LogP contribution in [0.2, 0.25) is 5.02 Å². The van der Waals surface area contributed by atoms with Crippen LogP contribution in [0, 0.1) is 5.92 Å². The molecule has 2 amide bonds. The Morgan fingerprint density at radius 2 is 2.35 bits per heavy atom. The number of carbonyl (C=O) groups excluding carboxylic acids is 2. The maximum Gasteiger partial charge on any atom is 0.229 e. The molecule has 17 heavy (non-hydrogen) atoms. The third-order valence-corrected chi connectivity index (χ3v) is 3.28. The standard InChI is InChI=1S/C10H9BrClN3O2/c11-6-2-7(12)10(14-3-6)15-4-5(9(13)17)1-8(15)16/h2-3,5H,1,4H2,(H2,13,17). The first-order valence-electron chi connectivity index (χ1n) is 4.89. The van der Waals surface area contributed by atoms with E-state index in [9.17, 15) is 9.59 Å². The average Bonchev–Trinajstić information content (AvgIpc) is 2.61. The molecule has 7 heteroatoms. The second-order valence-electron chi connectivity index (χ2n) is 3.77. The number of primary amides is 1. The van der Waals surface area contributed by atoms with Gasteiger partial charge in [0.2, 0.25) is 11.8 Å². The van der Waals surface area contributed by atoms with E-state index in [1.54, 1.807) is 12.3 Å². The van der Waals surface area contributed by atoms with E-state index < -0.39 is 11.8 Å². The van der Waals surface area contributed by atoms with Crippen LogP contribution in [0.4, 0.5) is 5.82 Å². The number of aromatic nitrogens is 1. The number of carbonyl (C=O) groups is 2. The first-order chi connectivity index (χ1) is 7.99. The zero-order valence-electron chi connectivity index (χ0n) is 8.69. The number of anilines is 1. The SMILES string of the molecule is NC(=O)C1CC(=O)N(c2ncc(Br)cc2Cl)C1. The molecule has 1 unspecified atom stereocenters. The fraction of sp³-hybridized carbons (Fsp3) is 0.300. The number of rotatable bonds is 2. The molecule has 2 N–H and O–H groups in total. The molecule has 1 aliphatic rings. The van der Waals surface area contributed by atoms with Crippen LogP contribution in [-0.4, -0.2) is 23.3 Å². The van der Waals surface area contributed by atoms with Gasteiger partial charge in [0.1, 0.15) is 0 Å². The van der Waals surface area contributed by atoms with Crippen LogP contribution >= 0.6 is 27.5 Å². The van der Waals surface area contributed by atoms with Crippen LogP contribution in [0.5, 0.6) is 0 Å². The molecular formula is C10H9BrClN3O2. The molecule has 1 aromatic heterocycles. The van der Waals surface area contributed by atoms with Gasteiger partial charge in [0.05, 0.1) is 10.9 Å². The fourth-order valence-corrected chi connectivity index (χ4v) is 2.44. The van der Waals surface area contributed by atoms with Gasteiger partial charge in [-0.2, -0.15) is 0 Å². The lowest BCUT2D eigenvalue weighted by atomic mass is 10.1. The molecule has 2 heterocycles. The van der Waals surface area contributed by atoms with Crippen molar-refractivity contribution in [3.8, 4) is 0 Å². The molecule has 1 fully saturated rings. The van der Waals surface area contributed by atoms with E-state index >= 15 is 0 Å². The largest absolute Gasteiger partial charge is 0.369 e. The Kier molecular flexibility index (Phi) is 3.35. The van der Waals surface area contributed by atoms with Crippen molar-refractivity contribution in [3.05, 3.63) is 21.8 Å². The Labute approximate surface area is 111 Å². The summed E-state index contributed by atoms with van der Waals surface area (Å²) in [5, 5.41) is 0.359. The van der Waals surface area contributed by atoms with Crippen molar-refractivity contribution in [2.45, 2.75) is 6.42 Å². The first-order valence-corrected chi connectivity index (χ1v) is 6.07. The monoisotopic (exact) mass is 317 g/mol. The molecule has 1 aliphatic heterocycles. The van der Waals surface area contributed by atoms with Gasteiger partial charge in [0.15, 0.2) is 5.82 Å². The zero-order valence-corrected chi connectivity index (χ0v) is 11.0. The van der Waals surface area contributed by atoms with E-state index in [2.05, 4.69) is 20.9 Å². The van der Waals surface area contributed by atoms with E-state index in [-0.39, 0.29) is 18.9 Å². The molecule has 1 atom stereocenters. The summed E-state index contributed by atoms with van der Waals surface area (Å²) in [6.07, 6.45) is 1.66. The summed E-state index contributed by atoms with van der Waals surface area (Å²) in [5.74, 6) is -0.771.